The molecule has 4 aromatic heterocycles. The summed E-state index contributed by atoms with van der Waals surface area (Å²) < 4.78 is 7.00. The van der Waals surface area contributed by atoms with Gasteiger partial charge in [-0.15, -0.1) is 0 Å². The zero-order chi connectivity index (χ0) is 49.0. The molecule has 73 heavy (non-hydrogen) atoms. The molecule has 1 aliphatic rings. The van der Waals surface area contributed by atoms with E-state index in [4.69, 9.17) is 9.97 Å². The van der Waals surface area contributed by atoms with Gasteiger partial charge in [-0.25, -0.2) is 9.97 Å². The van der Waals surface area contributed by atoms with Crippen molar-refractivity contribution in [3.05, 3.63) is 254 Å². The summed E-state index contributed by atoms with van der Waals surface area (Å²) in [7, 11) is 0. The average molecular weight is 936 g/mol. The van der Waals surface area contributed by atoms with Crippen LogP contribution in [0.25, 0.3) is 122 Å². The lowest BCUT2D eigenvalue weighted by atomic mass is 9.82. The van der Waals surface area contributed by atoms with Crippen LogP contribution in [0.1, 0.15) is 37.6 Å². The van der Waals surface area contributed by atoms with Crippen molar-refractivity contribution < 1.29 is 0 Å². The second kappa shape index (κ2) is 16.4. The van der Waals surface area contributed by atoms with Crippen LogP contribution in [0.5, 0.6) is 0 Å². The smallest absolute Gasteiger partial charge is 0.235 e. The summed E-state index contributed by atoms with van der Waals surface area (Å²) >= 11 is 0. The highest BCUT2D eigenvalue weighted by Crippen LogP contribution is 2.51. The summed E-state index contributed by atoms with van der Waals surface area (Å²) in [6.07, 6.45) is 6.26. The van der Waals surface area contributed by atoms with Crippen molar-refractivity contribution in [1.29, 1.82) is 0 Å². The Kier molecular flexibility index (Phi) is 9.54. The Morgan fingerprint density at radius 2 is 0.986 bits per heavy atom. The van der Waals surface area contributed by atoms with Gasteiger partial charge in [0.15, 0.2) is 0 Å². The second-order valence-corrected chi connectivity index (χ2v) is 19.9. The number of rotatable bonds is 8. The molecule has 0 radical (unpaired) electrons. The summed E-state index contributed by atoms with van der Waals surface area (Å²) in [4.78, 5) is 10.8. The van der Waals surface area contributed by atoms with E-state index < -0.39 is 0 Å². The fourth-order valence-electron chi connectivity index (χ4n) is 11.9. The third-order valence-electron chi connectivity index (χ3n) is 15.4. The standard InChI is InChI=1S/C68H49N5/c1-5-44(59-42-60(45-20-8-6-9-21-45)70-67(69-59)73-63-31-19-15-27-52(63)56-40-53-49-24-12-16-28-57(49)68(3,4)58(53)41-66(56)73)33-32-43(2)71-61-29-17-13-25-50(61)54-38-46(34-36-64(54)71)47-35-37-65-55(39-47)51-26-14-18-30-62(51)72(65)48-22-10-7-11-23-48/h5-42H,1H2,2-4H3/b43-32+,44-33+. The van der Waals surface area contributed by atoms with Gasteiger partial charge < -0.3 is 9.13 Å². The van der Waals surface area contributed by atoms with Gasteiger partial charge in [0, 0.05) is 54.7 Å². The molecular formula is C68H49N5. The van der Waals surface area contributed by atoms with E-state index >= 15 is 0 Å². The lowest BCUT2D eigenvalue weighted by Gasteiger charge is -2.21. The van der Waals surface area contributed by atoms with E-state index in [9.17, 15) is 0 Å². The molecule has 4 heterocycles. The quantitative estimate of drug-likeness (QED) is 0.142. The van der Waals surface area contributed by atoms with E-state index in [1.807, 2.05) is 12.1 Å². The first-order chi connectivity index (χ1) is 35.8. The van der Waals surface area contributed by atoms with E-state index in [0.29, 0.717) is 5.95 Å². The number of para-hydroxylation sites is 4. The molecule has 13 aromatic rings. The minimum Gasteiger partial charge on any atom is -0.313 e. The van der Waals surface area contributed by atoms with Crippen molar-refractivity contribution in [2.24, 2.45) is 0 Å². The molecule has 0 saturated heterocycles. The maximum absolute atomic E-state index is 5.45. The Balaban J connectivity index is 0.891. The van der Waals surface area contributed by atoms with Gasteiger partial charge >= 0.3 is 0 Å². The van der Waals surface area contributed by atoms with E-state index in [1.165, 1.54) is 76.7 Å². The molecule has 0 N–H and O–H groups in total. The third-order valence-corrected chi connectivity index (χ3v) is 15.4. The Bertz CT molecular complexity index is 4480. The summed E-state index contributed by atoms with van der Waals surface area (Å²) in [5.74, 6) is 0.614. The van der Waals surface area contributed by atoms with Gasteiger partial charge in [-0.05, 0) is 125 Å². The molecule has 346 valence electrons. The highest BCUT2D eigenvalue weighted by atomic mass is 15.2. The molecule has 0 fully saturated rings. The average Bonchev–Trinajstić information content (AvgIpc) is 4.13. The maximum atomic E-state index is 5.45. The third kappa shape index (κ3) is 6.55. The van der Waals surface area contributed by atoms with E-state index in [2.05, 4.69) is 259 Å². The van der Waals surface area contributed by atoms with Gasteiger partial charge in [0.05, 0.1) is 44.5 Å². The first-order valence-corrected chi connectivity index (χ1v) is 25.1. The molecule has 14 rings (SSSR count). The van der Waals surface area contributed by atoms with Gasteiger partial charge in [-0.3, -0.25) is 4.57 Å². The first kappa shape index (κ1) is 42.5. The molecule has 0 bridgehead atoms. The van der Waals surface area contributed by atoms with Crippen molar-refractivity contribution >= 4 is 76.7 Å². The van der Waals surface area contributed by atoms with Crippen LogP contribution in [0.15, 0.2) is 237 Å². The molecule has 0 amide bonds. The van der Waals surface area contributed by atoms with Crippen molar-refractivity contribution in [2.45, 2.75) is 26.2 Å². The minimum absolute atomic E-state index is 0.164. The molecule has 0 atom stereocenters. The Morgan fingerprint density at radius 3 is 1.70 bits per heavy atom. The number of hydrogen-bond donors (Lipinski definition) is 0. The number of nitrogens with zero attached hydrogens (tertiary/aromatic N) is 5. The number of allylic oxidation sites excluding steroid dienone is 5. The highest BCUT2D eigenvalue weighted by Gasteiger charge is 2.36. The van der Waals surface area contributed by atoms with Crippen molar-refractivity contribution in [3.8, 4) is 45.1 Å². The highest BCUT2D eigenvalue weighted by molar-refractivity contribution is 6.14. The summed E-state index contributed by atoms with van der Waals surface area (Å²) in [5, 5.41) is 7.25. The van der Waals surface area contributed by atoms with Crippen LogP contribution in [0.3, 0.4) is 0 Å². The molecule has 9 aromatic carbocycles. The number of hydrogen-bond acceptors (Lipinski definition) is 2. The number of fused-ring (bicyclic) bond motifs is 12. The summed E-state index contributed by atoms with van der Waals surface area (Å²) in [6.45, 7) is 11.2. The molecule has 1 aliphatic carbocycles. The van der Waals surface area contributed by atoms with E-state index in [0.717, 1.165) is 56.0 Å². The predicted octanol–water partition coefficient (Wildman–Crippen LogP) is 17.5. The SMILES string of the molecule is C=C/C(=C\C=C(/C)n1c2ccccc2c2cc(-c3ccc4c(c3)c3ccccc3n4-c3ccccc3)ccc21)c1cc(-c2ccccc2)nc(-n2c3ccccc3c3cc4c(cc32)C(C)(C)c2ccccc2-4)n1. The lowest BCUT2D eigenvalue weighted by molar-refractivity contribution is 0.661. The molecule has 0 saturated carbocycles. The van der Waals surface area contributed by atoms with Gasteiger partial charge in [0.2, 0.25) is 5.95 Å². The Labute approximate surface area is 423 Å². The van der Waals surface area contributed by atoms with Crippen molar-refractivity contribution in [3.63, 3.8) is 0 Å². The molecule has 5 nitrogen and oxygen atoms in total. The molecule has 0 spiro atoms. The minimum atomic E-state index is -0.164. The fourth-order valence-corrected chi connectivity index (χ4v) is 11.9. The number of aromatic nitrogens is 5. The Hall–Kier alpha value is -9.32. The van der Waals surface area contributed by atoms with Gasteiger partial charge in [-0.1, -0.05) is 172 Å². The van der Waals surface area contributed by atoms with Crippen LogP contribution < -0.4 is 0 Å². The molecular weight excluding hydrogens is 887 g/mol. The number of benzene rings is 9. The molecule has 5 heteroatoms. The predicted molar refractivity (Wildman–Crippen MR) is 307 cm³/mol. The Morgan fingerprint density at radius 1 is 0.438 bits per heavy atom. The van der Waals surface area contributed by atoms with Crippen LogP contribution in [-0.2, 0) is 5.41 Å². The normalized spacial score (nSPS) is 13.5. The van der Waals surface area contributed by atoms with Crippen LogP contribution in [0, 0.1) is 0 Å². The maximum Gasteiger partial charge on any atom is 0.235 e. The van der Waals surface area contributed by atoms with E-state index in [1.54, 1.807) is 0 Å². The van der Waals surface area contributed by atoms with Crippen LogP contribution in [0.4, 0.5) is 0 Å². The zero-order valence-electron chi connectivity index (χ0n) is 40.9. The van der Waals surface area contributed by atoms with E-state index in [-0.39, 0.29) is 5.41 Å². The lowest BCUT2D eigenvalue weighted by Crippen LogP contribution is -2.15. The summed E-state index contributed by atoms with van der Waals surface area (Å²) in [5.41, 5.74) is 20.1. The van der Waals surface area contributed by atoms with Gasteiger partial charge in [-0.2, -0.15) is 0 Å². The second-order valence-electron chi connectivity index (χ2n) is 19.9. The van der Waals surface area contributed by atoms with Crippen LogP contribution in [0.2, 0.25) is 0 Å². The van der Waals surface area contributed by atoms with Gasteiger partial charge in [0.25, 0.3) is 0 Å². The van der Waals surface area contributed by atoms with Crippen molar-refractivity contribution in [1.82, 2.24) is 23.7 Å². The first-order valence-electron chi connectivity index (χ1n) is 25.1. The van der Waals surface area contributed by atoms with Crippen molar-refractivity contribution in [2.75, 3.05) is 0 Å². The molecule has 0 aliphatic heterocycles. The largest absolute Gasteiger partial charge is 0.313 e. The zero-order valence-corrected chi connectivity index (χ0v) is 40.9. The topological polar surface area (TPSA) is 40.6 Å². The fraction of sp³-hybridized carbons (Fsp3) is 0.0588. The summed E-state index contributed by atoms with van der Waals surface area (Å²) in [6, 6.07) is 76.7. The van der Waals surface area contributed by atoms with Gasteiger partial charge in [0.1, 0.15) is 0 Å². The van der Waals surface area contributed by atoms with Crippen LogP contribution in [-0.4, -0.2) is 23.7 Å². The molecule has 0 unspecified atom stereocenters. The monoisotopic (exact) mass is 935 g/mol. The van der Waals surface area contributed by atoms with Crippen LogP contribution >= 0.6 is 0 Å².